The molecule has 0 aromatic carbocycles. The number of amides is 3. The summed E-state index contributed by atoms with van der Waals surface area (Å²) in [6.45, 7) is 3.09. The van der Waals surface area contributed by atoms with Gasteiger partial charge in [-0.25, -0.2) is 0 Å². The Morgan fingerprint density at radius 3 is 2.43 bits per heavy atom. The van der Waals surface area contributed by atoms with Gasteiger partial charge in [0.25, 0.3) is 0 Å². The molecule has 21 heavy (non-hydrogen) atoms. The lowest BCUT2D eigenvalue weighted by molar-refractivity contribution is -0.136. The standard InChI is InChI=1S/C14H22N4O3/c19-12-4-3-11(16-12)14(21)18-7-5-17(6-8-18)9-13(20)15-10-1-2-10/h10-11H,1-9H2,(H,15,20)(H,16,19). The fourth-order valence-electron chi connectivity index (χ4n) is 2.85. The number of rotatable bonds is 4. The first-order valence-corrected chi connectivity index (χ1v) is 7.71. The smallest absolute Gasteiger partial charge is 0.245 e. The Bertz CT molecular complexity index is 442. The van der Waals surface area contributed by atoms with Crippen molar-refractivity contribution in [2.75, 3.05) is 32.7 Å². The highest BCUT2D eigenvalue weighted by atomic mass is 16.2. The molecule has 2 aliphatic heterocycles. The predicted octanol–water partition coefficient (Wildman–Crippen LogP) is -1.31. The fraction of sp³-hybridized carbons (Fsp3) is 0.786. The van der Waals surface area contributed by atoms with E-state index in [0.29, 0.717) is 51.6 Å². The van der Waals surface area contributed by atoms with E-state index >= 15 is 0 Å². The van der Waals surface area contributed by atoms with E-state index in [-0.39, 0.29) is 23.8 Å². The van der Waals surface area contributed by atoms with Gasteiger partial charge in [-0.1, -0.05) is 0 Å². The Hall–Kier alpha value is -1.63. The van der Waals surface area contributed by atoms with E-state index < -0.39 is 0 Å². The van der Waals surface area contributed by atoms with Crippen molar-refractivity contribution in [1.82, 2.24) is 20.4 Å². The summed E-state index contributed by atoms with van der Waals surface area (Å²) in [5.41, 5.74) is 0. The molecule has 7 heteroatoms. The maximum Gasteiger partial charge on any atom is 0.245 e. The summed E-state index contributed by atoms with van der Waals surface area (Å²) in [7, 11) is 0. The molecule has 116 valence electrons. The molecule has 0 radical (unpaired) electrons. The van der Waals surface area contributed by atoms with E-state index in [1.165, 1.54) is 0 Å². The Balaban J connectivity index is 1.40. The maximum absolute atomic E-state index is 12.2. The van der Waals surface area contributed by atoms with Gasteiger partial charge in [-0.2, -0.15) is 0 Å². The van der Waals surface area contributed by atoms with Crippen LogP contribution in [0.1, 0.15) is 25.7 Å². The normalized spacial score (nSPS) is 26.6. The van der Waals surface area contributed by atoms with Crippen LogP contribution in [0.4, 0.5) is 0 Å². The van der Waals surface area contributed by atoms with Crippen LogP contribution in [0.15, 0.2) is 0 Å². The molecule has 1 saturated carbocycles. The van der Waals surface area contributed by atoms with Crippen molar-refractivity contribution in [1.29, 1.82) is 0 Å². The van der Waals surface area contributed by atoms with E-state index in [0.717, 1.165) is 12.8 Å². The van der Waals surface area contributed by atoms with E-state index in [1.807, 2.05) is 0 Å². The zero-order valence-corrected chi connectivity index (χ0v) is 12.1. The monoisotopic (exact) mass is 294 g/mol. The number of carbonyl (C=O) groups excluding carboxylic acids is 3. The van der Waals surface area contributed by atoms with Crippen molar-refractivity contribution in [3.63, 3.8) is 0 Å². The summed E-state index contributed by atoms with van der Waals surface area (Å²) in [6.07, 6.45) is 3.24. The molecular formula is C14H22N4O3. The lowest BCUT2D eigenvalue weighted by Crippen LogP contribution is -2.54. The molecule has 1 unspecified atom stereocenters. The third-order valence-corrected chi connectivity index (χ3v) is 4.29. The number of piperazine rings is 1. The molecule has 2 heterocycles. The topological polar surface area (TPSA) is 81.8 Å². The van der Waals surface area contributed by atoms with Gasteiger partial charge in [0.2, 0.25) is 17.7 Å². The van der Waals surface area contributed by atoms with Crippen LogP contribution in [0.25, 0.3) is 0 Å². The minimum atomic E-state index is -0.345. The number of hydrogen-bond donors (Lipinski definition) is 2. The van der Waals surface area contributed by atoms with Crippen LogP contribution in [0.2, 0.25) is 0 Å². The van der Waals surface area contributed by atoms with Gasteiger partial charge >= 0.3 is 0 Å². The summed E-state index contributed by atoms with van der Waals surface area (Å²) < 4.78 is 0. The van der Waals surface area contributed by atoms with Gasteiger partial charge in [-0.15, -0.1) is 0 Å². The maximum atomic E-state index is 12.2. The molecule has 3 aliphatic rings. The molecule has 3 fully saturated rings. The van der Waals surface area contributed by atoms with Gasteiger partial charge in [-0.3, -0.25) is 19.3 Å². The number of hydrogen-bond acceptors (Lipinski definition) is 4. The summed E-state index contributed by atoms with van der Waals surface area (Å²) in [5, 5.41) is 5.69. The first-order chi connectivity index (χ1) is 10.1. The lowest BCUT2D eigenvalue weighted by atomic mass is 10.2. The summed E-state index contributed by atoms with van der Waals surface area (Å²) >= 11 is 0. The second kappa shape index (κ2) is 6.01. The van der Waals surface area contributed by atoms with Gasteiger partial charge in [-0.05, 0) is 19.3 Å². The van der Waals surface area contributed by atoms with Gasteiger partial charge in [0.15, 0.2) is 0 Å². The zero-order chi connectivity index (χ0) is 14.8. The van der Waals surface area contributed by atoms with Crippen LogP contribution in [0, 0.1) is 0 Å². The molecule has 1 atom stereocenters. The Morgan fingerprint density at radius 1 is 1.14 bits per heavy atom. The highest BCUT2D eigenvalue weighted by molar-refractivity contribution is 5.90. The van der Waals surface area contributed by atoms with Crippen molar-refractivity contribution in [3.05, 3.63) is 0 Å². The minimum Gasteiger partial charge on any atom is -0.352 e. The molecule has 1 aliphatic carbocycles. The fourth-order valence-corrected chi connectivity index (χ4v) is 2.85. The number of carbonyl (C=O) groups is 3. The third-order valence-electron chi connectivity index (χ3n) is 4.29. The van der Waals surface area contributed by atoms with Crippen LogP contribution >= 0.6 is 0 Å². The molecule has 2 N–H and O–H groups in total. The SMILES string of the molecule is O=C(CN1CCN(C(=O)C2CCC(=O)N2)CC1)NC1CC1. The van der Waals surface area contributed by atoms with E-state index in [2.05, 4.69) is 15.5 Å². The summed E-state index contributed by atoms with van der Waals surface area (Å²) in [5.74, 6) is 0.0620. The molecule has 0 bridgehead atoms. The van der Waals surface area contributed by atoms with Crippen LogP contribution < -0.4 is 10.6 Å². The highest BCUT2D eigenvalue weighted by Crippen LogP contribution is 2.18. The van der Waals surface area contributed by atoms with Crippen LogP contribution in [-0.2, 0) is 14.4 Å². The van der Waals surface area contributed by atoms with Gasteiger partial charge in [0.05, 0.1) is 6.54 Å². The van der Waals surface area contributed by atoms with Crippen LogP contribution in [0.5, 0.6) is 0 Å². The minimum absolute atomic E-state index is 0.0166. The van der Waals surface area contributed by atoms with Gasteiger partial charge in [0.1, 0.15) is 6.04 Å². The lowest BCUT2D eigenvalue weighted by Gasteiger charge is -2.35. The average Bonchev–Trinajstić information content (AvgIpc) is 3.17. The largest absolute Gasteiger partial charge is 0.352 e. The molecule has 3 amide bonds. The van der Waals surface area contributed by atoms with Gasteiger partial charge < -0.3 is 15.5 Å². The molecule has 7 nitrogen and oxygen atoms in total. The Morgan fingerprint density at radius 2 is 1.86 bits per heavy atom. The van der Waals surface area contributed by atoms with Crippen molar-refractivity contribution in [2.45, 2.75) is 37.8 Å². The second-order valence-electron chi connectivity index (χ2n) is 6.10. The average molecular weight is 294 g/mol. The molecule has 0 spiro atoms. The van der Waals surface area contributed by atoms with Crippen LogP contribution in [0.3, 0.4) is 0 Å². The van der Waals surface area contributed by atoms with E-state index in [9.17, 15) is 14.4 Å². The third kappa shape index (κ3) is 3.72. The summed E-state index contributed by atoms with van der Waals surface area (Å²) in [6, 6.07) is 0.0496. The van der Waals surface area contributed by atoms with Crippen molar-refractivity contribution >= 4 is 17.7 Å². The van der Waals surface area contributed by atoms with E-state index in [4.69, 9.17) is 0 Å². The molecule has 3 rings (SSSR count). The highest BCUT2D eigenvalue weighted by Gasteiger charge is 2.32. The first-order valence-electron chi connectivity index (χ1n) is 7.71. The molecular weight excluding hydrogens is 272 g/mol. The molecule has 0 aromatic heterocycles. The quantitative estimate of drug-likeness (QED) is 0.674. The second-order valence-corrected chi connectivity index (χ2v) is 6.10. The van der Waals surface area contributed by atoms with Gasteiger partial charge in [0, 0.05) is 38.6 Å². The van der Waals surface area contributed by atoms with Crippen molar-refractivity contribution < 1.29 is 14.4 Å². The zero-order valence-electron chi connectivity index (χ0n) is 12.1. The Labute approximate surface area is 124 Å². The van der Waals surface area contributed by atoms with Crippen molar-refractivity contribution in [2.24, 2.45) is 0 Å². The van der Waals surface area contributed by atoms with E-state index in [1.54, 1.807) is 4.90 Å². The molecule has 0 aromatic rings. The first kappa shape index (κ1) is 14.3. The number of nitrogens with one attached hydrogen (secondary N) is 2. The molecule has 2 saturated heterocycles. The van der Waals surface area contributed by atoms with Crippen molar-refractivity contribution in [3.8, 4) is 0 Å². The summed E-state index contributed by atoms with van der Waals surface area (Å²) in [4.78, 5) is 39.0. The van der Waals surface area contributed by atoms with Crippen LogP contribution in [-0.4, -0.2) is 72.3 Å². The predicted molar refractivity (Wildman–Crippen MR) is 75.3 cm³/mol. The number of nitrogens with zero attached hydrogens (tertiary/aromatic N) is 2. The Kier molecular flexibility index (Phi) is 4.10.